The van der Waals surface area contributed by atoms with E-state index in [9.17, 15) is 4.79 Å². The zero-order chi connectivity index (χ0) is 26.9. The Morgan fingerprint density at radius 1 is 1.11 bits per heavy atom. The van der Waals surface area contributed by atoms with E-state index in [2.05, 4.69) is 36.1 Å². The van der Waals surface area contributed by atoms with Crippen molar-refractivity contribution in [3.63, 3.8) is 0 Å². The molecule has 0 bridgehead atoms. The van der Waals surface area contributed by atoms with Gasteiger partial charge >= 0.3 is 0 Å². The highest BCUT2D eigenvalue weighted by molar-refractivity contribution is 5.78. The highest BCUT2D eigenvalue weighted by Gasteiger charge is 2.36. The van der Waals surface area contributed by atoms with Gasteiger partial charge in [-0.25, -0.2) is 0 Å². The molecule has 2 aromatic rings. The van der Waals surface area contributed by atoms with Crippen LogP contribution in [0.15, 0.2) is 36.4 Å². The van der Waals surface area contributed by atoms with Gasteiger partial charge in [0, 0.05) is 25.7 Å². The number of carbonyl (C=O) groups excluding carboxylic acids is 1. The number of hydrogen-bond donors (Lipinski definition) is 1. The fraction of sp³-hybridized carbons (Fsp3) is 0.567. The molecule has 0 saturated carbocycles. The van der Waals surface area contributed by atoms with E-state index in [1.807, 2.05) is 17.0 Å². The largest absolute Gasteiger partial charge is 0.496 e. The summed E-state index contributed by atoms with van der Waals surface area (Å²) in [5, 5.41) is 0. The summed E-state index contributed by atoms with van der Waals surface area (Å²) >= 11 is 0. The summed E-state index contributed by atoms with van der Waals surface area (Å²) in [5.41, 5.74) is 8.12. The fourth-order valence-electron chi connectivity index (χ4n) is 5.60. The molecule has 2 aliphatic heterocycles. The number of para-hydroxylation sites is 1. The van der Waals surface area contributed by atoms with Crippen LogP contribution in [0.25, 0.3) is 0 Å². The molecule has 8 heteroatoms. The van der Waals surface area contributed by atoms with Crippen LogP contribution in [0.3, 0.4) is 0 Å². The SMILES string of the molecule is CCCCN(CCCN)C(=O)CN1C[C@H](c2cc(OC)c3c(c2)OCO3)C[C@@H]1CCc1ccccc1OC. The number of carbonyl (C=O) groups is 1. The van der Waals surface area contributed by atoms with Gasteiger partial charge in [0.2, 0.25) is 18.4 Å². The highest BCUT2D eigenvalue weighted by Crippen LogP contribution is 2.45. The molecule has 8 nitrogen and oxygen atoms in total. The number of methoxy groups -OCH3 is 2. The zero-order valence-electron chi connectivity index (χ0n) is 23.1. The first-order valence-corrected chi connectivity index (χ1v) is 13.9. The van der Waals surface area contributed by atoms with Gasteiger partial charge in [-0.05, 0) is 73.9 Å². The summed E-state index contributed by atoms with van der Waals surface area (Å²) in [7, 11) is 3.37. The molecule has 0 unspecified atom stereocenters. The van der Waals surface area contributed by atoms with E-state index >= 15 is 0 Å². The third-order valence-electron chi connectivity index (χ3n) is 7.72. The van der Waals surface area contributed by atoms with Crippen LogP contribution < -0.4 is 24.7 Å². The lowest BCUT2D eigenvalue weighted by Gasteiger charge is -2.29. The normalized spacial score (nSPS) is 18.5. The number of hydrogen-bond acceptors (Lipinski definition) is 7. The summed E-state index contributed by atoms with van der Waals surface area (Å²) in [4.78, 5) is 17.9. The fourth-order valence-corrected chi connectivity index (χ4v) is 5.60. The summed E-state index contributed by atoms with van der Waals surface area (Å²) in [6, 6.07) is 12.6. The Labute approximate surface area is 227 Å². The predicted octanol–water partition coefficient (Wildman–Crippen LogP) is 4.20. The van der Waals surface area contributed by atoms with E-state index in [0.717, 1.165) is 75.2 Å². The maximum Gasteiger partial charge on any atom is 0.236 e. The number of fused-ring (bicyclic) bond motifs is 1. The number of aryl methyl sites for hydroxylation is 1. The van der Waals surface area contributed by atoms with Gasteiger partial charge < -0.3 is 29.6 Å². The van der Waals surface area contributed by atoms with Crippen molar-refractivity contribution < 1.29 is 23.7 Å². The summed E-state index contributed by atoms with van der Waals surface area (Å²) in [6.07, 6.45) is 5.70. The van der Waals surface area contributed by atoms with E-state index < -0.39 is 0 Å². The molecule has 0 aliphatic carbocycles. The number of nitrogens with two attached hydrogens (primary N) is 1. The number of amides is 1. The number of likely N-dealkylation sites (tertiary alicyclic amines) is 1. The Balaban J connectivity index is 1.53. The molecule has 38 heavy (non-hydrogen) atoms. The smallest absolute Gasteiger partial charge is 0.236 e. The quantitative estimate of drug-likeness (QED) is 0.396. The van der Waals surface area contributed by atoms with Crippen LogP contribution in [0.4, 0.5) is 0 Å². The lowest BCUT2D eigenvalue weighted by Crippen LogP contribution is -2.43. The predicted molar refractivity (Wildman–Crippen MR) is 148 cm³/mol. The maximum absolute atomic E-state index is 13.5. The van der Waals surface area contributed by atoms with Crippen molar-refractivity contribution in [2.24, 2.45) is 5.73 Å². The molecular weight excluding hydrogens is 482 g/mol. The lowest BCUT2D eigenvalue weighted by atomic mass is 9.93. The van der Waals surface area contributed by atoms with Crippen molar-refractivity contribution in [3.8, 4) is 23.0 Å². The number of ether oxygens (including phenoxy) is 4. The van der Waals surface area contributed by atoms with E-state index in [-0.39, 0.29) is 24.7 Å². The van der Waals surface area contributed by atoms with Crippen LogP contribution in [-0.4, -0.2) is 75.5 Å². The van der Waals surface area contributed by atoms with Crippen LogP contribution in [0.2, 0.25) is 0 Å². The summed E-state index contributed by atoms with van der Waals surface area (Å²) in [6.45, 7) is 5.69. The van der Waals surface area contributed by atoms with E-state index in [1.54, 1.807) is 14.2 Å². The number of benzene rings is 2. The van der Waals surface area contributed by atoms with Crippen molar-refractivity contribution in [1.29, 1.82) is 0 Å². The Morgan fingerprint density at radius 2 is 1.89 bits per heavy atom. The molecule has 2 aromatic carbocycles. The zero-order valence-corrected chi connectivity index (χ0v) is 23.1. The molecular formula is C30H43N3O5. The first kappa shape index (κ1) is 28.0. The average Bonchev–Trinajstić information content (AvgIpc) is 3.58. The minimum absolute atomic E-state index is 0.193. The van der Waals surface area contributed by atoms with Gasteiger partial charge in [0.05, 0.1) is 20.8 Å². The van der Waals surface area contributed by atoms with Crippen molar-refractivity contribution in [1.82, 2.24) is 9.80 Å². The van der Waals surface area contributed by atoms with Gasteiger partial charge in [0.25, 0.3) is 0 Å². The van der Waals surface area contributed by atoms with Crippen molar-refractivity contribution in [3.05, 3.63) is 47.5 Å². The molecule has 2 aliphatic rings. The molecule has 0 aromatic heterocycles. The lowest BCUT2D eigenvalue weighted by molar-refractivity contribution is -0.132. The molecule has 2 N–H and O–H groups in total. The van der Waals surface area contributed by atoms with Gasteiger partial charge in [-0.1, -0.05) is 31.5 Å². The van der Waals surface area contributed by atoms with Crippen LogP contribution in [0.1, 0.15) is 56.1 Å². The first-order chi connectivity index (χ1) is 18.6. The van der Waals surface area contributed by atoms with Gasteiger partial charge in [-0.3, -0.25) is 9.69 Å². The van der Waals surface area contributed by atoms with Gasteiger partial charge in [-0.2, -0.15) is 0 Å². The Morgan fingerprint density at radius 3 is 2.66 bits per heavy atom. The molecule has 2 heterocycles. The van der Waals surface area contributed by atoms with Crippen LogP contribution in [-0.2, 0) is 11.2 Å². The van der Waals surface area contributed by atoms with Crippen LogP contribution in [0, 0.1) is 0 Å². The second-order valence-electron chi connectivity index (χ2n) is 10.2. The van der Waals surface area contributed by atoms with E-state index in [4.69, 9.17) is 24.7 Å². The van der Waals surface area contributed by atoms with Gasteiger partial charge in [0.1, 0.15) is 5.75 Å². The average molecular weight is 526 g/mol. The summed E-state index contributed by atoms with van der Waals surface area (Å²) in [5.74, 6) is 3.47. The van der Waals surface area contributed by atoms with E-state index in [1.165, 1.54) is 5.56 Å². The third-order valence-corrected chi connectivity index (χ3v) is 7.72. The van der Waals surface area contributed by atoms with Crippen LogP contribution >= 0.6 is 0 Å². The number of nitrogens with zero attached hydrogens (tertiary/aromatic N) is 2. The van der Waals surface area contributed by atoms with Crippen molar-refractivity contribution >= 4 is 5.91 Å². The Hall–Kier alpha value is -2.97. The maximum atomic E-state index is 13.5. The molecule has 1 saturated heterocycles. The molecule has 208 valence electrons. The molecule has 2 atom stereocenters. The topological polar surface area (TPSA) is 86.5 Å². The van der Waals surface area contributed by atoms with Crippen molar-refractivity contribution in [2.75, 3.05) is 53.7 Å². The monoisotopic (exact) mass is 525 g/mol. The minimum atomic E-state index is 0.193. The summed E-state index contributed by atoms with van der Waals surface area (Å²) < 4.78 is 22.5. The first-order valence-electron chi connectivity index (χ1n) is 13.9. The second-order valence-corrected chi connectivity index (χ2v) is 10.2. The molecule has 0 spiro atoms. The van der Waals surface area contributed by atoms with E-state index in [0.29, 0.717) is 24.6 Å². The molecule has 0 radical (unpaired) electrons. The highest BCUT2D eigenvalue weighted by atomic mass is 16.7. The molecule has 1 fully saturated rings. The second kappa shape index (κ2) is 13.7. The molecule has 4 rings (SSSR count). The third kappa shape index (κ3) is 6.72. The Bertz CT molecular complexity index is 1050. The number of rotatable bonds is 14. The van der Waals surface area contributed by atoms with Crippen molar-refractivity contribution in [2.45, 2.75) is 57.4 Å². The standard InChI is InChI=1S/C30H43N3O5/c1-4-5-14-32(15-8-13-31)29(34)20-33-19-24(23-17-27(36-3)30-28(18-23)37-21-38-30)16-25(33)12-11-22-9-6-7-10-26(22)35-2/h6-7,9-10,17-18,24-25H,4-5,8,11-16,19-21,31H2,1-3H3/t24-,25+/m1/s1. The van der Waals surface area contributed by atoms with Crippen LogP contribution in [0.5, 0.6) is 23.0 Å². The number of unbranched alkanes of at least 4 members (excludes halogenated alkanes) is 1. The van der Waals surface area contributed by atoms with Gasteiger partial charge in [0.15, 0.2) is 11.5 Å². The van der Waals surface area contributed by atoms with Gasteiger partial charge in [-0.15, -0.1) is 0 Å². The molecule has 1 amide bonds. The minimum Gasteiger partial charge on any atom is -0.496 e. The Kier molecular flexibility index (Phi) is 10.1.